The van der Waals surface area contributed by atoms with E-state index < -0.39 is 0 Å². The van der Waals surface area contributed by atoms with Crippen LogP contribution in [0.1, 0.15) is 26.7 Å². The number of likely N-dealkylation sites (tertiary alicyclic amines) is 1. The van der Waals surface area contributed by atoms with Gasteiger partial charge in [0, 0.05) is 12.6 Å². The number of nitrogens with two attached hydrogens (primary N) is 1. The van der Waals surface area contributed by atoms with Crippen LogP contribution in [0.3, 0.4) is 0 Å². The van der Waals surface area contributed by atoms with Crippen molar-refractivity contribution in [2.24, 2.45) is 11.7 Å². The van der Waals surface area contributed by atoms with Gasteiger partial charge in [-0.3, -0.25) is 4.79 Å². The molecule has 4 nitrogen and oxygen atoms in total. The molecule has 1 fully saturated rings. The average molecular weight is 213 g/mol. The second kappa shape index (κ2) is 5.47. The Morgan fingerprint density at radius 2 is 2.27 bits per heavy atom. The summed E-state index contributed by atoms with van der Waals surface area (Å²) in [5.41, 5.74) is 5.75. The van der Waals surface area contributed by atoms with Gasteiger partial charge < -0.3 is 16.0 Å². The zero-order chi connectivity index (χ0) is 11.4. The Balaban J connectivity index is 2.27. The molecule has 88 valence electrons. The number of nitrogens with one attached hydrogen (secondary N) is 1. The van der Waals surface area contributed by atoms with Crippen LogP contribution >= 0.6 is 0 Å². The van der Waals surface area contributed by atoms with Crippen molar-refractivity contribution in [3.8, 4) is 0 Å². The fraction of sp³-hybridized carbons (Fsp3) is 0.909. The summed E-state index contributed by atoms with van der Waals surface area (Å²) in [5, 5.41) is 2.93. The molecule has 1 aliphatic heterocycles. The van der Waals surface area contributed by atoms with Crippen LogP contribution in [-0.4, -0.2) is 43.0 Å². The van der Waals surface area contributed by atoms with E-state index in [1.54, 1.807) is 0 Å². The number of rotatable bonds is 4. The van der Waals surface area contributed by atoms with E-state index >= 15 is 0 Å². The van der Waals surface area contributed by atoms with Crippen molar-refractivity contribution in [2.75, 3.05) is 20.1 Å². The highest BCUT2D eigenvalue weighted by molar-refractivity contribution is 5.81. The minimum atomic E-state index is -0.378. The van der Waals surface area contributed by atoms with Gasteiger partial charge in [-0.05, 0) is 32.4 Å². The minimum Gasteiger partial charge on any atom is -0.353 e. The van der Waals surface area contributed by atoms with E-state index in [9.17, 15) is 4.79 Å². The summed E-state index contributed by atoms with van der Waals surface area (Å²) in [6.07, 6.45) is 2.40. The first-order valence-corrected chi connectivity index (χ1v) is 5.76. The van der Waals surface area contributed by atoms with Crippen molar-refractivity contribution in [2.45, 2.75) is 38.8 Å². The molecule has 0 aromatic heterocycles. The number of carbonyl (C=O) groups is 1. The maximum absolute atomic E-state index is 11.6. The Morgan fingerprint density at radius 1 is 1.60 bits per heavy atom. The number of amides is 1. The number of carbonyl (C=O) groups excluding carboxylic acids is 1. The fourth-order valence-electron chi connectivity index (χ4n) is 1.88. The van der Waals surface area contributed by atoms with Gasteiger partial charge in [-0.15, -0.1) is 0 Å². The summed E-state index contributed by atoms with van der Waals surface area (Å²) in [4.78, 5) is 13.9. The minimum absolute atomic E-state index is 0.0229. The highest BCUT2D eigenvalue weighted by Crippen LogP contribution is 2.13. The first-order valence-electron chi connectivity index (χ1n) is 5.76. The van der Waals surface area contributed by atoms with E-state index in [0.29, 0.717) is 6.04 Å². The summed E-state index contributed by atoms with van der Waals surface area (Å²) in [6, 6.07) is 0.116. The summed E-state index contributed by atoms with van der Waals surface area (Å²) >= 11 is 0. The Kier molecular flexibility index (Phi) is 4.54. The van der Waals surface area contributed by atoms with E-state index in [1.807, 2.05) is 13.8 Å². The van der Waals surface area contributed by atoms with Crippen LogP contribution in [0.25, 0.3) is 0 Å². The van der Waals surface area contributed by atoms with E-state index in [-0.39, 0.29) is 17.9 Å². The van der Waals surface area contributed by atoms with Crippen LogP contribution in [-0.2, 0) is 4.79 Å². The first-order chi connectivity index (χ1) is 7.02. The highest BCUT2D eigenvalue weighted by atomic mass is 16.2. The van der Waals surface area contributed by atoms with Crippen molar-refractivity contribution < 1.29 is 4.79 Å². The molecular formula is C11H23N3O. The number of hydrogen-bond acceptors (Lipinski definition) is 3. The normalized spacial score (nSPS) is 24.5. The molecule has 1 rings (SSSR count). The van der Waals surface area contributed by atoms with Crippen molar-refractivity contribution >= 4 is 5.91 Å². The van der Waals surface area contributed by atoms with Crippen LogP contribution in [0.15, 0.2) is 0 Å². The number of likely N-dealkylation sites (N-methyl/N-ethyl adjacent to an activating group) is 1. The maximum atomic E-state index is 11.6. The van der Waals surface area contributed by atoms with Crippen LogP contribution < -0.4 is 11.1 Å². The zero-order valence-corrected chi connectivity index (χ0v) is 9.99. The fourth-order valence-corrected chi connectivity index (χ4v) is 1.88. The molecule has 1 amide bonds. The number of nitrogens with zero attached hydrogens (tertiary/aromatic N) is 1. The van der Waals surface area contributed by atoms with E-state index in [4.69, 9.17) is 5.73 Å². The lowest BCUT2D eigenvalue weighted by molar-refractivity contribution is -0.123. The molecule has 0 aromatic carbocycles. The van der Waals surface area contributed by atoms with Gasteiger partial charge >= 0.3 is 0 Å². The monoisotopic (exact) mass is 213 g/mol. The Hall–Kier alpha value is -0.610. The predicted molar refractivity (Wildman–Crippen MR) is 61.5 cm³/mol. The molecule has 4 heteroatoms. The highest BCUT2D eigenvalue weighted by Gasteiger charge is 2.23. The maximum Gasteiger partial charge on any atom is 0.237 e. The average Bonchev–Trinajstić information content (AvgIpc) is 2.59. The predicted octanol–water partition coefficient (Wildman–Crippen LogP) is 0.180. The second-order valence-electron chi connectivity index (χ2n) is 4.79. The van der Waals surface area contributed by atoms with Crippen molar-refractivity contribution in [1.29, 1.82) is 0 Å². The summed E-state index contributed by atoms with van der Waals surface area (Å²) < 4.78 is 0. The quantitative estimate of drug-likeness (QED) is 0.700. The molecule has 1 aliphatic rings. The van der Waals surface area contributed by atoms with Gasteiger partial charge in [0.25, 0.3) is 0 Å². The third-order valence-corrected chi connectivity index (χ3v) is 3.20. The standard InChI is InChI=1S/C11H23N3O/c1-8(2)10(12)11(15)13-7-9-5-4-6-14(9)3/h8-10H,4-7,12H2,1-3H3,(H,13,15)/t9?,10-/m0/s1. The molecule has 0 bridgehead atoms. The molecule has 2 atom stereocenters. The lowest BCUT2D eigenvalue weighted by atomic mass is 10.0. The van der Waals surface area contributed by atoms with Crippen LogP contribution in [0, 0.1) is 5.92 Å². The summed E-state index contributed by atoms with van der Waals surface area (Å²) in [6.45, 7) is 5.80. The molecule has 1 saturated heterocycles. The van der Waals surface area contributed by atoms with Crippen LogP contribution in [0.4, 0.5) is 0 Å². The van der Waals surface area contributed by atoms with Gasteiger partial charge in [0.15, 0.2) is 0 Å². The van der Waals surface area contributed by atoms with Gasteiger partial charge in [-0.25, -0.2) is 0 Å². The van der Waals surface area contributed by atoms with Gasteiger partial charge in [-0.1, -0.05) is 13.8 Å². The third kappa shape index (κ3) is 3.47. The SMILES string of the molecule is CC(C)[C@H](N)C(=O)NCC1CCCN1C. The topological polar surface area (TPSA) is 58.4 Å². The summed E-state index contributed by atoms with van der Waals surface area (Å²) in [5.74, 6) is 0.177. The van der Waals surface area contributed by atoms with Gasteiger partial charge in [0.05, 0.1) is 6.04 Å². The molecule has 0 radical (unpaired) electrons. The first kappa shape index (κ1) is 12.5. The molecule has 0 aromatic rings. The van der Waals surface area contributed by atoms with Crippen molar-refractivity contribution in [3.63, 3.8) is 0 Å². The van der Waals surface area contributed by atoms with Gasteiger partial charge in [0.2, 0.25) is 5.91 Å². The van der Waals surface area contributed by atoms with E-state index in [2.05, 4.69) is 17.3 Å². The number of hydrogen-bond donors (Lipinski definition) is 2. The Morgan fingerprint density at radius 3 is 2.73 bits per heavy atom. The largest absolute Gasteiger partial charge is 0.353 e. The van der Waals surface area contributed by atoms with Gasteiger partial charge in [-0.2, -0.15) is 0 Å². The molecular weight excluding hydrogens is 190 g/mol. The molecule has 3 N–H and O–H groups in total. The van der Waals surface area contributed by atoms with Crippen molar-refractivity contribution in [1.82, 2.24) is 10.2 Å². The van der Waals surface area contributed by atoms with Crippen molar-refractivity contribution in [3.05, 3.63) is 0 Å². The lowest BCUT2D eigenvalue weighted by Crippen LogP contribution is -2.47. The van der Waals surface area contributed by atoms with E-state index in [0.717, 1.165) is 13.1 Å². The third-order valence-electron chi connectivity index (χ3n) is 3.20. The molecule has 0 aliphatic carbocycles. The van der Waals surface area contributed by atoms with Crippen LogP contribution in [0.2, 0.25) is 0 Å². The lowest BCUT2D eigenvalue weighted by Gasteiger charge is -2.21. The van der Waals surface area contributed by atoms with E-state index in [1.165, 1.54) is 12.8 Å². The Bertz CT molecular complexity index is 218. The smallest absolute Gasteiger partial charge is 0.237 e. The summed E-state index contributed by atoms with van der Waals surface area (Å²) in [7, 11) is 2.10. The second-order valence-corrected chi connectivity index (χ2v) is 4.79. The molecule has 0 spiro atoms. The Labute approximate surface area is 92.2 Å². The van der Waals surface area contributed by atoms with Gasteiger partial charge in [0.1, 0.15) is 0 Å². The molecule has 1 unspecified atom stereocenters. The molecule has 15 heavy (non-hydrogen) atoms. The molecule has 1 heterocycles. The zero-order valence-electron chi connectivity index (χ0n) is 9.99. The van der Waals surface area contributed by atoms with Crippen LogP contribution in [0.5, 0.6) is 0 Å². The molecule has 0 saturated carbocycles.